The van der Waals surface area contributed by atoms with E-state index in [1.54, 1.807) is 24.7 Å². The SMILES string of the molecule is CCCNc1ccncc1S(=O)(=O)N(C)Cc1ncc[nH]1. The number of aromatic nitrogens is 3. The summed E-state index contributed by atoms with van der Waals surface area (Å²) in [6, 6.07) is 1.67. The number of rotatable bonds is 7. The Morgan fingerprint density at radius 2 is 2.19 bits per heavy atom. The van der Waals surface area contributed by atoms with Gasteiger partial charge in [0, 0.05) is 38.4 Å². The molecule has 0 aromatic carbocycles. The van der Waals surface area contributed by atoms with Gasteiger partial charge in [-0.3, -0.25) is 4.98 Å². The molecule has 0 radical (unpaired) electrons. The van der Waals surface area contributed by atoms with Crippen molar-refractivity contribution in [1.29, 1.82) is 0 Å². The van der Waals surface area contributed by atoms with Crippen molar-refractivity contribution in [3.8, 4) is 0 Å². The van der Waals surface area contributed by atoms with E-state index in [2.05, 4.69) is 20.3 Å². The monoisotopic (exact) mass is 309 g/mol. The van der Waals surface area contributed by atoms with Gasteiger partial charge in [0.2, 0.25) is 10.0 Å². The van der Waals surface area contributed by atoms with Crippen LogP contribution in [0, 0.1) is 0 Å². The van der Waals surface area contributed by atoms with Gasteiger partial charge in [0.15, 0.2) is 0 Å². The van der Waals surface area contributed by atoms with Crippen molar-refractivity contribution in [2.45, 2.75) is 24.8 Å². The van der Waals surface area contributed by atoms with E-state index < -0.39 is 10.0 Å². The summed E-state index contributed by atoms with van der Waals surface area (Å²) in [5, 5.41) is 3.11. The number of pyridine rings is 1. The van der Waals surface area contributed by atoms with Crippen LogP contribution in [0.3, 0.4) is 0 Å². The largest absolute Gasteiger partial charge is 0.384 e. The summed E-state index contributed by atoms with van der Waals surface area (Å²) in [4.78, 5) is 11.0. The lowest BCUT2D eigenvalue weighted by Gasteiger charge is -2.18. The first-order valence-electron chi connectivity index (χ1n) is 6.68. The predicted octanol–water partition coefficient (Wildman–Crippen LogP) is 1.45. The molecule has 2 heterocycles. The van der Waals surface area contributed by atoms with Gasteiger partial charge in [-0.25, -0.2) is 13.4 Å². The van der Waals surface area contributed by atoms with Crippen molar-refractivity contribution in [3.63, 3.8) is 0 Å². The second kappa shape index (κ2) is 6.68. The molecule has 0 spiro atoms. The maximum absolute atomic E-state index is 12.6. The van der Waals surface area contributed by atoms with E-state index in [1.807, 2.05) is 6.92 Å². The zero-order chi connectivity index (χ0) is 15.3. The van der Waals surface area contributed by atoms with Crippen LogP contribution in [-0.2, 0) is 16.6 Å². The third kappa shape index (κ3) is 3.59. The average Bonchev–Trinajstić information content (AvgIpc) is 2.98. The highest BCUT2D eigenvalue weighted by atomic mass is 32.2. The normalized spacial score (nSPS) is 11.8. The Labute approximate surface area is 124 Å². The summed E-state index contributed by atoms with van der Waals surface area (Å²) in [5.74, 6) is 0.591. The van der Waals surface area contributed by atoms with Gasteiger partial charge in [0.1, 0.15) is 10.7 Å². The molecule has 0 aliphatic carbocycles. The van der Waals surface area contributed by atoms with Crippen LogP contribution in [0.2, 0.25) is 0 Å². The van der Waals surface area contributed by atoms with Gasteiger partial charge in [-0.1, -0.05) is 6.92 Å². The number of nitrogens with zero attached hydrogens (tertiary/aromatic N) is 3. The van der Waals surface area contributed by atoms with Gasteiger partial charge in [-0.2, -0.15) is 4.31 Å². The molecular formula is C13H19N5O2S. The van der Waals surface area contributed by atoms with Crippen molar-refractivity contribution >= 4 is 15.7 Å². The fraction of sp³-hybridized carbons (Fsp3) is 0.385. The molecule has 0 bridgehead atoms. The number of imidazole rings is 1. The fourth-order valence-corrected chi connectivity index (χ4v) is 3.08. The quantitative estimate of drug-likeness (QED) is 0.807. The molecule has 2 aromatic rings. The Morgan fingerprint density at radius 1 is 1.38 bits per heavy atom. The van der Waals surface area contributed by atoms with Crippen LogP contribution in [-0.4, -0.2) is 41.3 Å². The fourth-order valence-electron chi connectivity index (χ4n) is 1.84. The third-order valence-electron chi connectivity index (χ3n) is 2.97. The Balaban J connectivity index is 2.26. The molecule has 0 aliphatic heterocycles. The molecule has 21 heavy (non-hydrogen) atoms. The molecule has 2 rings (SSSR count). The lowest BCUT2D eigenvalue weighted by Crippen LogP contribution is -2.28. The Kier molecular flexibility index (Phi) is 4.92. The first kappa shape index (κ1) is 15.5. The van der Waals surface area contributed by atoms with Crippen LogP contribution in [0.25, 0.3) is 0 Å². The van der Waals surface area contributed by atoms with Gasteiger partial charge >= 0.3 is 0 Å². The molecule has 0 saturated carbocycles. The van der Waals surface area contributed by atoms with E-state index in [1.165, 1.54) is 17.5 Å². The molecule has 0 unspecified atom stereocenters. The Bertz CT molecular complexity index is 670. The maximum atomic E-state index is 12.6. The molecule has 2 aromatic heterocycles. The summed E-state index contributed by atoms with van der Waals surface area (Å²) >= 11 is 0. The summed E-state index contributed by atoms with van der Waals surface area (Å²) in [5.41, 5.74) is 0.568. The number of aromatic amines is 1. The van der Waals surface area contributed by atoms with Gasteiger partial charge in [-0.15, -0.1) is 0 Å². The van der Waals surface area contributed by atoms with E-state index in [0.717, 1.165) is 6.42 Å². The van der Waals surface area contributed by atoms with Gasteiger partial charge in [0.25, 0.3) is 0 Å². The zero-order valence-electron chi connectivity index (χ0n) is 12.1. The van der Waals surface area contributed by atoms with E-state index in [-0.39, 0.29) is 11.4 Å². The van der Waals surface area contributed by atoms with E-state index in [9.17, 15) is 8.42 Å². The second-order valence-corrected chi connectivity index (χ2v) is 6.61. The Hall–Kier alpha value is -1.93. The summed E-state index contributed by atoms with van der Waals surface area (Å²) in [6.07, 6.45) is 7.10. The van der Waals surface area contributed by atoms with Crippen LogP contribution in [0.5, 0.6) is 0 Å². The molecule has 0 saturated heterocycles. The number of nitrogens with one attached hydrogen (secondary N) is 2. The van der Waals surface area contributed by atoms with Crippen LogP contribution >= 0.6 is 0 Å². The topological polar surface area (TPSA) is 91.0 Å². The highest BCUT2D eigenvalue weighted by Gasteiger charge is 2.24. The van der Waals surface area contributed by atoms with E-state index >= 15 is 0 Å². The van der Waals surface area contributed by atoms with Crippen molar-refractivity contribution in [1.82, 2.24) is 19.3 Å². The Morgan fingerprint density at radius 3 is 2.86 bits per heavy atom. The van der Waals surface area contributed by atoms with Crippen molar-refractivity contribution < 1.29 is 8.42 Å². The van der Waals surface area contributed by atoms with Crippen molar-refractivity contribution in [2.24, 2.45) is 0 Å². The van der Waals surface area contributed by atoms with E-state index in [4.69, 9.17) is 0 Å². The molecule has 7 nitrogen and oxygen atoms in total. The number of sulfonamides is 1. The molecule has 0 amide bonds. The summed E-state index contributed by atoms with van der Waals surface area (Å²) in [6.45, 7) is 2.90. The molecular weight excluding hydrogens is 290 g/mol. The molecule has 0 fully saturated rings. The van der Waals surface area contributed by atoms with Crippen LogP contribution < -0.4 is 5.32 Å². The molecule has 8 heteroatoms. The van der Waals surface area contributed by atoms with Gasteiger partial charge < -0.3 is 10.3 Å². The molecule has 2 N–H and O–H groups in total. The van der Waals surface area contributed by atoms with Gasteiger partial charge in [0.05, 0.1) is 12.2 Å². The number of H-pyrrole nitrogens is 1. The summed E-state index contributed by atoms with van der Waals surface area (Å²) in [7, 11) is -2.11. The average molecular weight is 309 g/mol. The molecule has 114 valence electrons. The number of anilines is 1. The lowest BCUT2D eigenvalue weighted by atomic mass is 10.4. The smallest absolute Gasteiger partial charge is 0.246 e. The number of hydrogen-bond donors (Lipinski definition) is 2. The summed E-state index contributed by atoms with van der Waals surface area (Å²) < 4.78 is 26.5. The standard InChI is InChI=1S/C13H19N5O2S/c1-3-5-15-11-4-6-14-9-12(11)21(19,20)18(2)10-13-16-7-8-17-13/h4,6-9H,3,5,10H2,1-2H3,(H,14,15)(H,16,17). The number of hydrogen-bond acceptors (Lipinski definition) is 5. The van der Waals surface area contributed by atoms with Crippen molar-refractivity contribution in [2.75, 3.05) is 18.9 Å². The first-order chi connectivity index (χ1) is 10.1. The van der Waals surface area contributed by atoms with Crippen LogP contribution in [0.1, 0.15) is 19.2 Å². The third-order valence-corrected chi connectivity index (χ3v) is 4.80. The second-order valence-electron chi connectivity index (χ2n) is 4.60. The molecule has 0 atom stereocenters. The minimum atomic E-state index is -3.63. The minimum absolute atomic E-state index is 0.174. The minimum Gasteiger partial charge on any atom is -0.384 e. The highest BCUT2D eigenvalue weighted by Crippen LogP contribution is 2.23. The zero-order valence-corrected chi connectivity index (χ0v) is 12.9. The van der Waals surface area contributed by atoms with Gasteiger partial charge in [-0.05, 0) is 12.5 Å². The predicted molar refractivity (Wildman–Crippen MR) is 80.3 cm³/mol. The first-order valence-corrected chi connectivity index (χ1v) is 8.12. The lowest BCUT2D eigenvalue weighted by molar-refractivity contribution is 0.458. The molecule has 0 aliphatic rings. The highest BCUT2D eigenvalue weighted by molar-refractivity contribution is 7.89. The van der Waals surface area contributed by atoms with Crippen LogP contribution in [0.4, 0.5) is 5.69 Å². The van der Waals surface area contributed by atoms with Crippen LogP contribution in [0.15, 0.2) is 35.7 Å². The van der Waals surface area contributed by atoms with E-state index in [0.29, 0.717) is 18.1 Å². The van der Waals surface area contributed by atoms with Crippen molar-refractivity contribution in [3.05, 3.63) is 36.7 Å². The maximum Gasteiger partial charge on any atom is 0.246 e.